The lowest BCUT2D eigenvalue weighted by molar-refractivity contribution is -0.0334. The summed E-state index contributed by atoms with van der Waals surface area (Å²) in [5, 5.41) is 9.06. The highest BCUT2D eigenvalue weighted by atomic mass is 35.5. The molecule has 0 radical (unpaired) electrons. The van der Waals surface area contributed by atoms with Crippen molar-refractivity contribution in [1.29, 1.82) is 0 Å². The highest BCUT2D eigenvalue weighted by Crippen LogP contribution is 2.31. The van der Waals surface area contributed by atoms with Crippen molar-refractivity contribution in [3.05, 3.63) is 33.8 Å². The molecule has 22 heavy (non-hydrogen) atoms. The molecule has 1 atom stereocenters. The van der Waals surface area contributed by atoms with Crippen LogP contribution in [0.3, 0.4) is 0 Å². The zero-order chi connectivity index (χ0) is 15.5. The molecule has 1 heterocycles. The van der Waals surface area contributed by atoms with Crippen LogP contribution in [0.25, 0.3) is 0 Å². The van der Waals surface area contributed by atoms with Crippen LogP contribution >= 0.6 is 35.6 Å². The van der Waals surface area contributed by atoms with E-state index in [0.29, 0.717) is 23.2 Å². The highest BCUT2D eigenvalue weighted by Gasteiger charge is 2.35. The van der Waals surface area contributed by atoms with Crippen LogP contribution in [0.1, 0.15) is 12.0 Å². The summed E-state index contributed by atoms with van der Waals surface area (Å²) in [5.74, 6) is 0. The van der Waals surface area contributed by atoms with E-state index in [4.69, 9.17) is 33.1 Å². The first-order valence-electron chi connectivity index (χ1n) is 6.40. The van der Waals surface area contributed by atoms with E-state index in [9.17, 15) is 8.42 Å². The Kier molecular flexibility index (Phi) is 7.35. The summed E-state index contributed by atoms with van der Waals surface area (Å²) in [6, 6.07) is 5.11. The Labute approximate surface area is 146 Å². The van der Waals surface area contributed by atoms with Gasteiger partial charge in [-0.1, -0.05) is 29.3 Å². The van der Waals surface area contributed by atoms with Gasteiger partial charge in [0, 0.05) is 19.7 Å². The Bertz CT molecular complexity index is 605. The van der Waals surface area contributed by atoms with Crippen molar-refractivity contribution < 1.29 is 13.2 Å². The predicted octanol–water partition coefficient (Wildman–Crippen LogP) is 1.41. The number of hydrogen-bond acceptors (Lipinski definition) is 4. The summed E-state index contributed by atoms with van der Waals surface area (Å²) in [6.07, 6.45) is 0.832. The van der Waals surface area contributed by atoms with Crippen molar-refractivity contribution in [2.45, 2.75) is 12.0 Å². The maximum atomic E-state index is 11.2. The quantitative estimate of drug-likeness (QED) is 0.724. The minimum absolute atomic E-state index is 0. The Balaban J connectivity index is 0.00000242. The molecule has 4 N–H and O–H groups in total. The summed E-state index contributed by atoms with van der Waals surface area (Å²) in [5.41, 5.74) is -0.139. The number of hydrogen-bond donors (Lipinski definition) is 3. The van der Waals surface area contributed by atoms with E-state index in [1.165, 1.54) is 0 Å². The molecule has 0 saturated carbocycles. The largest absolute Gasteiger partial charge is 0.368 e. The smallest absolute Gasteiger partial charge is 0.274 e. The molecule has 126 valence electrons. The summed E-state index contributed by atoms with van der Waals surface area (Å²) >= 11 is 12.0. The van der Waals surface area contributed by atoms with Gasteiger partial charge in [0.1, 0.15) is 5.60 Å². The maximum Gasteiger partial charge on any atom is 0.274 e. The molecule has 0 aliphatic carbocycles. The van der Waals surface area contributed by atoms with E-state index in [1.807, 2.05) is 0 Å². The number of halogens is 3. The average Bonchev–Trinajstić information content (AvgIpc) is 2.65. The van der Waals surface area contributed by atoms with Gasteiger partial charge in [0.05, 0.1) is 10.0 Å². The van der Waals surface area contributed by atoms with Crippen molar-refractivity contribution in [3.8, 4) is 0 Å². The molecular weight excluding hydrogens is 373 g/mol. The highest BCUT2D eigenvalue weighted by molar-refractivity contribution is 7.87. The molecule has 1 fully saturated rings. The number of rotatable bonds is 4. The third-order valence-corrected chi connectivity index (χ3v) is 4.58. The Morgan fingerprint density at radius 3 is 2.73 bits per heavy atom. The molecule has 0 spiro atoms. The van der Waals surface area contributed by atoms with Crippen molar-refractivity contribution in [2.24, 2.45) is 5.14 Å². The van der Waals surface area contributed by atoms with Gasteiger partial charge in [-0.3, -0.25) is 0 Å². The summed E-state index contributed by atoms with van der Waals surface area (Å²) in [7, 11) is -3.82. The number of nitrogens with two attached hydrogens (primary N) is 1. The molecule has 0 amide bonds. The third-order valence-electron chi connectivity index (χ3n) is 3.29. The van der Waals surface area contributed by atoms with Crippen LogP contribution < -0.4 is 15.2 Å². The minimum atomic E-state index is -3.82. The summed E-state index contributed by atoms with van der Waals surface area (Å²) in [6.45, 7) is 1.74. The molecule has 1 aromatic rings. The third kappa shape index (κ3) is 5.21. The fourth-order valence-corrected chi connectivity index (χ4v) is 2.94. The SMILES string of the molecule is Cl.NS(=O)(=O)NCC1(c2ccc(Cl)c(Cl)c2)CNCCCO1. The molecule has 1 aliphatic rings. The molecule has 1 saturated heterocycles. The van der Waals surface area contributed by atoms with Crippen LogP contribution in [0, 0.1) is 0 Å². The van der Waals surface area contributed by atoms with Gasteiger partial charge in [-0.05, 0) is 30.7 Å². The van der Waals surface area contributed by atoms with Gasteiger partial charge in [-0.25, -0.2) is 5.14 Å². The molecular formula is C12H18Cl3N3O3S. The number of ether oxygens (including phenoxy) is 1. The molecule has 1 aliphatic heterocycles. The molecule has 0 bridgehead atoms. The first kappa shape index (κ1) is 19.9. The normalized spacial score (nSPS) is 22.7. The molecule has 10 heteroatoms. The lowest BCUT2D eigenvalue weighted by Crippen LogP contribution is -2.49. The van der Waals surface area contributed by atoms with E-state index in [-0.39, 0.29) is 19.0 Å². The van der Waals surface area contributed by atoms with Crippen molar-refractivity contribution in [2.75, 3.05) is 26.2 Å². The topological polar surface area (TPSA) is 93.5 Å². The van der Waals surface area contributed by atoms with Gasteiger partial charge in [0.2, 0.25) is 0 Å². The second-order valence-electron chi connectivity index (χ2n) is 4.87. The van der Waals surface area contributed by atoms with E-state index in [0.717, 1.165) is 18.5 Å². The second kappa shape index (κ2) is 8.12. The molecule has 0 aromatic heterocycles. The summed E-state index contributed by atoms with van der Waals surface area (Å²) in [4.78, 5) is 0. The first-order valence-corrected chi connectivity index (χ1v) is 8.70. The zero-order valence-corrected chi connectivity index (χ0v) is 14.8. The van der Waals surface area contributed by atoms with Gasteiger partial charge in [-0.15, -0.1) is 12.4 Å². The van der Waals surface area contributed by atoms with E-state index in [2.05, 4.69) is 10.0 Å². The van der Waals surface area contributed by atoms with Crippen LogP contribution in [-0.4, -0.2) is 34.7 Å². The van der Waals surface area contributed by atoms with Gasteiger partial charge in [0.25, 0.3) is 10.2 Å². The molecule has 2 rings (SSSR count). The molecule has 6 nitrogen and oxygen atoms in total. The monoisotopic (exact) mass is 389 g/mol. The van der Waals surface area contributed by atoms with Crippen LogP contribution in [0.2, 0.25) is 10.0 Å². The van der Waals surface area contributed by atoms with Crippen molar-refractivity contribution in [3.63, 3.8) is 0 Å². The van der Waals surface area contributed by atoms with E-state index < -0.39 is 15.8 Å². The lowest BCUT2D eigenvalue weighted by Gasteiger charge is -2.33. The first-order chi connectivity index (χ1) is 9.82. The summed E-state index contributed by atoms with van der Waals surface area (Å²) < 4.78 is 30.6. The number of benzene rings is 1. The second-order valence-corrected chi connectivity index (χ2v) is 7.06. The zero-order valence-electron chi connectivity index (χ0n) is 11.6. The Morgan fingerprint density at radius 2 is 2.09 bits per heavy atom. The Morgan fingerprint density at radius 1 is 1.36 bits per heavy atom. The molecule has 1 unspecified atom stereocenters. The van der Waals surface area contributed by atoms with E-state index in [1.54, 1.807) is 18.2 Å². The van der Waals surface area contributed by atoms with Crippen LogP contribution in [0.5, 0.6) is 0 Å². The fourth-order valence-electron chi connectivity index (χ4n) is 2.20. The number of nitrogens with one attached hydrogen (secondary N) is 2. The van der Waals surface area contributed by atoms with Crippen molar-refractivity contribution in [1.82, 2.24) is 10.0 Å². The van der Waals surface area contributed by atoms with Crippen LogP contribution in [0.15, 0.2) is 18.2 Å². The van der Waals surface area contributed by atoms with Crippen LogP contribution in [0.4, 0.5) is 0 Å². The van der Waals surface area contributed by atoms with Gasteiger partial charge in [-0.2, -0.15) is 13.1 Å². The standard InChI is InChI=1S/C12H17Cl2N3O3S.ClH/c13-10-3-2-9(6-11(10)14)12(8-17-21(15,18)19)7-16-4-1-5-20-12;/h2-3,6,16-17H,1,4-5,7-8H2,(H2,15,18,19);1H. The fraction of sp³-hybridized carbons (Fsp3) is 0.500. The lowest BCUT2D eigenvalue weighted by atomic mass is 9.93. The van der Waals surface area contributed by atoms with E-state index >= 15 is 0 Å². The van der Waals surface area contributed by atoms with Gasteiger partial charge >= 0.3 is 0 Å². The van der Waals surface area contributed by atoms with Gasteiger partial charge < -0.3 is 10.1 Å². The maximum absolute atomic E-state index is 11.2. The minimum Gasteiger partial charge on any atom is -0.368 e. The van der Waals surface area contributed by atoms with Gasteiger partial charge in [0.15, 0.2) is 0 Å². The predicted molar refractivity (Wildman–Crippen MR) is 89.9 cm³/mol. The average molecular weight is 391 g/mol. The van der Waals surface area contributed by atoms with Crippen LogP contribution in [-0.2, 0) is 20.5 Å². The molecule has 1 aromatic carbocycles. The van der Waals surface area contributed by atoms with Crippen molar-refractivity contribution >= 4 is 45.8 Å². The Hall–Kier alpha value is -0.120.